The molecule has 2 aromatic heterocycles. The highest BCUT2D eigenvalue weighted by molar-refractivity contribution is 6.02. The molecule has 2 heterocycles. The van der Waals surface area contributed by atoms with Gasteiger partial charge in [-0.05, 0) is 55.9 Å². The normalized spacial score (nSPS) is 19.3. The van der Waals surface area contributed by atoms with Crippen molar-refractivity contribution in [1.82, 2.24) is 9.61 Å². The van der Waals surface area contributed by atoms with Crippen LogP contribution in [0.15, 0.2) is 48.8 Å². The molecule has 4 rings (SSSR count). The Labute approximate surface area is 151 Å². The van der Waals surface area contributed by atoms with Crippen LogP contribution in [-0.4, -0.2) is 21.5 Å². The van der Waals surface area contributed by atoms with Crippen LogP contribution in [0, 0.1) is 18.7 Å². The van der Waals surface area contributed by atoms with Gasteiger partial charge in [-0.3, -0.25) is 4.79 Å². The van der Waals surface area contributed by atoms with E-state index in [4.69, 9.17) is 4.74 Å². The summed E-state index contributed by atoms with van der Waals surface area (Å²) < 4.78 is 21.1. The number of hydrogen-bond donors (Lipinski definition) is 0. The number of hydrogen-bond acceptors (Lipinski definition) is 3. The van der Waals surface area contributed by atoms with Gasteiger partial charge in [-0.25, -0.2) is 8.91 Å². The van der Waals surface area contributed by atoms with E-state index in [0.29, 0.717) is 29.2 Å². The molecule has 1 fully saturated rings. The van der Waals surface area contributed by atoms with Gasteiger partial charge in [-0.15, -0.1) is 0 Å². The van der Waals surface area contributed by atoms with Gasteiger partial charge in [0, 0.05) is 18.7 Å². The third kappa shape index (κ3) is 3.34. The molecule has 0 spiro atoms. The number of ether oxygens (including phenoxy) is 1. The highest BCUT2D eigenvalue weighted by atomic mass is 19.1. The minimum Gasteiger partial charge on any atom is -0.490 e. The summed E-state index contributed by atoms with van der Waals surface area (Å²) in [5.41, 5.74) is 2.16. The lowest BCUT2D eigenvalue weighted by Gasteiger charge is -2.35. The molecule has 0 aliphatic heterocycles. The van der Waals surface area contributed by atoms with E-state index in [9.17, 15) is 9.18 Å². The van der Waals surface area contributed by atoms with Gasteiger partial charge < -0.3 is 4.74 Å². The summed E-state index contributed by atoms with van der Waals surface area (Å²) in [6.07, 6.45) is 6.81. The maximum Gasteiger partial charge on any atom is 0.166 e. The van der Waals surface area contributed by atoms with E-state index in [1.165, 1.54) is 6.07 Å². The van der Waals surface area contributed by atoms with Crippen LogP contribution in [0.4, 0.5) is 4.39 Å². The molecule has 5 heteroatoms. The Morgan fingerprint density at radius 3 is 2.96 bits per heavy atom. The number of Topliss-reactive ketones (excluding diaryl/α,β-unsaturated/α-hetero) is 1. The summed E-state index contributed by atoms with van der Waals surface area (Å²) >= 11 is 0. The number of nitrogens with zero attached hydrogens (tertiary/aromatic N) is 2. The maximum absolute atomic E-state index is 13.6. The van der Waals surface area contributed by atoms with Crippen molar-refractivity contribution in [3.63, 3.8) is 0 Å². The average molecular weight is 352 g/mol. The van der Waals surface area contributed by atoms with Crippen molar-refractivity contribution in [3.05, 3.63) is 65.7 Å². The number of carbonyl (C=O) groups is 1. The zero-order valence-corrected chi connectivity index (χ0v) is 14.7. The van der Waals surface area contributed by atoms with Crippen molar-refractivity contribution >= 4 is 11.3 Å². The van der Waals surface area contributed by atoms with E-state index in [-0.39, 0.29) is 17.7 Å². The zero-order valence-electron chi connectivity index (χ0n) is 14.7. The molecule has 0 amide bonds. The number of fused-ring (bicyclic) bond motifs is 1. The first kappa shape index (κ1) is 16.8. The van der Waals surface area contributed by atoms with Gasteiger partial charge in [0.05, 0.1) is 23.4 Å². The van der Waals surface area contributed by atoms with Gasteiger partial charge >= 0.3 is 0 Å². The molecular formula is C21H21FN2O2. The van der Waals surface area contributed by atoms with E-state index >= 15 is 0 Å². The first-order chi connectivity index (χ1) is 12.6. The molecule has 1 aliphatic rings. The molecule has 0 saturated heterocycles. The number of rotatable bonds is 6. The Balaban J connectivity index is 1.26. The predicted molar refractivity (Wildman–Crippen MR) is 97.0 cm³/mol. The summed E-state index contributed by atoms with van der Waals surface area (Å²) in [4.78, 5) is 12.5. The quantitative estimate of drug-likeness (QED) is 0.609. The summed E-state index contributed by atoms with van der Waals surface area (Å²) in [5.74, 6) is 0.966. The van der Waals surface area contributed by atoms with Crippen molar-refractivity contribution in [2.24, 2.45) is 5.92 Å². The van der Waals surface area contributed by atoms with Crippen LogP contribution in [0.25, 0.3) is 5.52 Å². The molecule has 4 nitrogen and oxygen atoms in total. The number of pyridine rings is 1. The molecule has 1 aliphatic carbocycles. The zero-order chi connectivity index (χ0) is 18.1. The third-order valence-corrected chi connectivity index (χ3v) is 5.15. The molecule has 0 radical (unpaired) electrons. The number of aromatic nitrogens is 2. The van der Waals surface area contributed by atoms with E-state index < -0.39 is 0 Å². The van der Waals surface area contributed by atoms with Gasteiger partial charge in [-0.1, -0.05) is 12.1 Å². The van der Waals surface area contributed by atoms with Crippen LogP contribution in [0.5, 0.6) is 5.75 Å². The summed E-state index contributed by atoms with van der Waals surface area (Å²) in [6, 6.07) is 10.7. The Kier molecular flexibility index (Phi) is 4.45. The monoisotopic (exact) mass is 352 g/mol. The van der Waals surface area contributed by atoms with E-state index in [1.54, 1.807) is 29.8 Å². The standard InChI is InChI=1S/C21H21FN2O2/c1-14-5-7-16(12-19(14)22)26-17-10-15(11-17)6-8-21(25)18-13-23-24-9-3-2-4-20(18)24/h2-5,7,9,12-13,15,17H,6,8,10-11H2,1H3. The molecule has 134 valence electrons. The minimum absolute atomic E-state index is 0.120. The lowest BCUT2D eigenvalue weighted by Crippen LogP contribution is -2.34. The first-order valence-electron chi connectivity index (χ1n) is 8.98. The Hall–Kier alpha value is -2.69. The number of benzene rings is 1. The fraction of sp³-hybridized carbons (Fsp3) is 0.333. The second kappa shape index (κ2) is 6.90. The van der Waals surface area contributed by atoms with Crippen molar-refractivity contribution in [2.45, 2.75) is 38.7 Å². The average Bonchev–Trinajstić information content (AvgIpc) is 3.04. The van der Waals surface area contributed by atoms with Crippen molar-refractivity contribution in [1.29, 1.82) is 0 Å². The fourth-order valence-corrected chi connectivity index (χ4v) is 3.47. The van der Waals surface area contributed by atoms with Crippen molar-refractivity contribution in [2.75, 3.05) is 0 Å². The van der Waals surface area contributed by atoms with Crippen molar-refractivity contribution < 1.29 is 13.9 Å². The Bertz CT molecular complexity index is 944. The molecule has 0 unspecified atom stereocenters. The Morgan fingerprint density at radius 1 is 1.31 bits per heavy atom. The second-order valence-corrected chi connectivity index (χ2v) is 7.04. The summed E-state index contributed by atoms with van der Waals surface area (Å²) in [6.45, 7) is 1.74. The van der Waals surface area contributed by atoms with Crippen LogP contribution < -0.4 is 4.74 Å². The third-order valence-electron chi connectivity index (χ3n) is 5.15. The lowest BCUT2D eigenvalue weighted by atomic mass is 9.78. The van der Waals surface area contributed by atoms with Crippen molar-refractivity contribution in [3.8, 4) is 5.75 Å². The largest absolute Gasteiger partial charge is 0.490 e. The summed E-state index contributed by atoms with van der Waals surface area (Å²) in [7, 11) is 0. The van der Waals surface area contributed by atoms with Gasteiger partial charge in [-0.2, -0.15) is 5.10 Å². The minimum atomic E-state index is -0.239. The van der Waals surface area contributed by atoms with Gasteiger partial charge in [0.15, 0.2) is 5.78 Å². The molecule has 0 bridgehead atoms. The SMILES string of the molecule is Cc1ccc(OC2CC(CCC(=O)c3cnn4ccccc34)C2)cc1F. The van der Waals surface area contributed by atoms with E-state index in [2.05, 4.69) is 5.10 Å². The number of halogens is 1. The van der Waals surface area contributed by atoms with Crippen LogP contribution >= 0.6 is 0 Å². The van der Waals surface area contributed by atoms with Crippen LogP contribution in [0.3, 0.4) is 0 Å². The van der Waals surface area contributed by atoms with E-state index in [0.717, 1.165) is 24.8 Å². The van der Waals surface area contributed by atoms with Gasteiger partial charge in [0.1, 0.15) is 11.6 Å². The number of ketones is 1. The molecule has 0 atom stereocenters. The molecule has 3 aromatic rings. The first-order valence-corrected chi connectivity index (χ1v) is 8.98. The highest BCUT2D eigenvalue weighted by Gasteiger charge is 2.31. The fourth-order valence-electron chi connectivity index (χ4n) is 3.47. The topological polar surface area (TPSA) is 43.6 Å². The van der Waals surface area contributed by atoms with Crippen LogP contribution in [0.2, 0.25) is 0 Å². The second-order valence-electron chi connectivity index (χ2n) is 7.04. The number of aryl methyl sites for hydroxylation is 1. The molecule has 1 aromatic carbocycles. The van der Waals surface area contributed by atoms with Crippen LogP contribution in [0.1, 0.15) is 41.6 Å². The molecule has 1 saturated carbocycles. The van der Waals surface area contributed by atoms with Gasteiger partial charge in [0.25, 0.3) is 0 Å². The smallest absolute Gasteiger partial charge is 0.166 e. The highest BCUT2D eigenvalue weighted by Crippen LogP contribution is 2.35. The molecular weight excluding hydrogens is 331 g/mol. The van der Waals surface area contributed by atoms with E-state index in [1.807, 2.05) is 24.4 Å². The Morgan fingerprint density at radius 2 is 2.15 bits per heavy atom. The molecule has 26 heavy (non-hydrogen) atoms. The number of carbonyl (C=O) groups excluding carboxylic acids is 1. The maximum atomic E-state index is 13.6. The van der Waals surface area contributed by atoms with Crippen LogP contribution in [-0.2, 0) is 0 Å². The lowest BCUT2D eigenvalue weighted by molar-refractivity contribution is 0.0576. The summed E-state index contributed by atoms with van der Waals surface area (Å²) in [5, 5.41) is 4.22. The molecule has 0 N–H and O–H groups in total. The predicted octanol–water partition coefficient (Wildman–Crippen LogP) is 4.60. The van der Waals surface area contributed by atoms with Gasteiger partial charge in [0.2, 0.25) is 0 Å².